The Morgan fingerprint density at radius 2 is 1.94 bits per heavy atom. The summed E-state index contributed by atoms with van der Waals surface area (Å²) < 4.78 is 5.39. The smallest absolute Gasteiger partial charge is 0.122 e. The molecule has 0 amide bonds. The predicted molar refractivity (Wildman–Crippen MR) is 72.7 cm³/mol. The van der Waals surface area contributed by atoms with Crippen molar-refractivity contribution >= 4 is 0 Å². The van der Waals surface area contributed by atoms with Crippen LogP contribution in [0.5, 0.6) is 5.75 Å². The summed E-state index contributed by atoms with van der Waals surface area (Å²) in [4.78, 5) is 4.35. The Morgan fingerprint density at radius 3 is 2.61 bits per heavy atom. The van der Waals surface area contributed by atoms with E-state index in [-0.39, 0.29) is 5.92 Å². The van der Waals surface area contributed by atoms with Crippen LogP contribution >= 0.6 is 0 Å². The van der Waals surface area contributed by atoms with Gasteiger partial charge in [-0.25, -0.2) is 0 Å². The second-order valence-electron chi connectivity index (χ2n) is 4.20. The highest BCUT2D eigenvalue weighted by atomic mass is 16.5. The highest BCUT2D eigenvalue weighted by Crippen LogP contribution is 2.27. The van der Waals surface area contributed by atoms with Crippen LogP contribution in [0.1, 0.15) is 17.2 Å². The van der Waals surface area contributed by atoms with E-state index in [0.717, 1.165) is 23.4 Å². The zero-order valence-corrected chi connectivity index (χ0v) is 10.5. The second-order valence-corrected chi connectivity index (χ2v) is 4.20. The van der Waals surface area contributed by atoms with Crippen molar-refractivity contribution in [1.29, 1.82) is 0 Å². The van der Waals surface area contributed by atoms with Gasteiger partial charge in [-0.2, -0.15) is 0 Å². The number of nitrogens with two attached hydrogens (primary N) is 1. The number of nitrogens with zero attached hydrogens (tertiary/aromatic N) is 1. The first kappa shape index (κ1) is 12.6. The highest BCUT2D eigenvalue weighted by molar-refractivity contribution is 5.37. The Labute approximate surface area is 108 Å². The first-order chi connectivity index (χ1) is 8.85. The standard InChI is InChI=1S/C15H18N2O/c1-18-15-8-3-2-7-14(15)12(11-16)10-13-6-4-5-9-17-13/h2-9,12H,10-11,16H2,1H3. The van der Waals surface area contributed by atoms with E-state index >= 15 is 0 Å². The van der Waals surface area contributed by atoms with Gasteiger partial charge in [0.15, 0.2) is 0 Å². The van der Waals surface area contributed by atoms with E-state index in [1.807, 2.05) is 42.6 Å². The Balaban J connectivity index is 2.23. The largest absolute Gasteiger partial charge is 0.496 e. The molecule has 3 nitrogen and oxygen atoms in total. The van der Waals surface area contributed by atoms with E-state index in [1.165, 1.54) is 0 Å². The van der Waals surface area contributed by atoms with E-state index < -0.39 is 0 Å². The number of rotatable bonds is 5. The molecule has 0 aliphatic heterocycles. The molecule has 1 unspecified atom stereocenters. The lowest BCUT2D eigenvalue weighted by Crippen LogP contribution is -2.16. The summed E-state index contributed by atoms with van der Waals surface area (Å²) in [5.74, 6) is 1.12. The van der Waals surface area contributed by atoms with Crippen molar-refractivity contribution in [2.75, 3.05) is 13.7 Å². The predicted octanol–water partition coefficient (Wildman–Crippen LogP) is 2.38. The molecular weight excluding hydrogens is 224 g/mol. The summed E-state index contributed by atoms with van der Waals surface area (Å²) in [6, 6.07) is 14.0. The minimum Gasteiger partial charge on any atom is -0.496 e. The molecular formula is C15H18N2O. The number of aromatic nitrogens is 1. The van der Waals surface area contributed by atoms with Gasteiger partial charge in [0.05, 0.1) is 7.11 Å². The van der Waals surface area contributed by atoms with Crippen LogP contribution in [0.4, 0.5) is 0 Å². The number of benzene rings is 1. The number of hydrogen-bond acceptors (Lipinski definition) is 3. The van der Waals surface area contributed by atoms with Gasteiger partial charge in [-0.15, -0.1) is 0 Å². The molecule has 2 N–H and O–H groups in total. The molecule has 3 heteroatoms. The van der Waals surface area contributed by atoms with Crippen LogP contribution in [0.3, 0.4) is 0 Å². The van der Waals surface area contributed by atoms with E-state index in [9.17, 15) is 0 Å². The summed E-state index contributed by atoms with van der Waals surface area (Å²) in [6.45, 7) is 0.580. The van der Waals surface area contributed by atoms with Gasteiger partial charge in [0.25, 0.3) is 0 Å². The fourth-order valence-electron chi connectivity index (χ4n) is 2.10. The maximum atomic E-state index is 5.89. The van der Waals surface area contributed by atoms with Crippen LogP contribution < -0.4 is 10.5 Å². The zero-order chi connectivity index (χ0) is 12.8. The van der Waals surface area contributed by atoms with Crippen LogP contribution in [0.25, 0.3) is 0 Å². The minimum atomic E-state index is 0.232. The molecule has 18 heavy (non-hydrogen) atoms. The number of pyridine rings is 1. The van der Waals surface area contributed by atoms with Crippen molar-refractivity contribution in [2.45, 2.75) is 12.3 Å². The van der Waals surface area contributed by atoms with E-state index in [1.54, 1.807) is 7.11 Å². The molecule has 2 rings (SSSR count). The molecule has 0 radical (unpaired) electrons. The third-order valence-electron chi connectivity index (χ3n) is 3.04. The lowest BCUT2D eigenvalue weighted by Gasteiger charge is -2.17. The van der Waals surface area contributed by atoms with Gasteiger partial charge in [0.1, 0.15) is 5.75 Å². The van der Waals surface area contributed by atoms with Gasteiger partial charge < -0.3 is 10.5 Å². The molecule has 0 bridgehead atoms. The van der Waals surface area contributed by atoms with E-state index in [0.29, 0.717) is 6.54 Å². The molecule has 1 atom stereocenters. The van der Waals surface area contributed by atoms with Crippen LogP contribution in [-0.4, -0.2) is 18.6 Å². The summed E-state index contributed by atoms with van der Waals surface area (Å²) in [5, 5.41) is 0. The van der Waals surface area contributed by atoms with Gasteiger partial charge in [0, 0.05) is 17.8 Å². The van der Waals surface area contributed by atoms with Crippen LogP contribution in [0.15, 0.2) is 48.7 Å². The van der Waals surface area contributed by atoms with Gasteiger partial charge in [-0.3, -0.25) is 4.98 Å². The maximum absolute atomic E-state index is 5.89. The lowest BCUT2D eigenvalue weighted by molar-refractivity contribution is 0.405. The molecule has 94 valence electrons. The Morgan fingerprint density at radius 1 is 1.17 bits per heavy atom. The molecule has 0 saturated heterocycles. The molecule has 0 spiro atoms. The number of ether oxygens (including phenoxy) is 1. The number of methoxy groups -OCH3 is 1. The summed E-state index contributed by atoms with van der Waals surface area (Å²) in [6.07, 6.45) is 2.64. The van der Waals surface area contributed by atoms with Gasteiger partial charge in [-0.05, 0) is 36.7 Å². The normalized spacial score (nSPS) is 12.1. The fourth-order valence-corrected chi connectivity index (χ4v) is 2.10. The Bertz CT molecular complexity index is 485. The molecule has 1 aromatic heterocycles. The van der Waals surface area contributed by atoms with Crippen molar-refractivity contribution in [2.24, 2.45) is 5.73 Å². The molecule has 0 fully saturated rings. The molecule has 0 aliphatic rings. The van der Waals surface area contributed by atoms with Crippen molar-refractivity contribution in [3.8, 4) is 5.75 Å². The highest BCUT2D eigenvalue weighted by Gasteiger charge is 2.15. The van der Waals surface area contributed by atoms with Gasteiger partial charge in [-0.1, -0.05) is 24.3 Å². The second kappa shape index (κ2) is 6.17. The quantitative estimate of drug-likeness (QED) is 0.875. The SMILES string of the molecule is COc1ccccc1C(CN)Cc1ccccn1. The average Bonchev–Trinajstić information content (AvgIpc) is 2.46. The Hall–Kier alpha value is -1.87. The molecule has 2 aromatic rings. The zero-order valence-electron chi connectivity index (χ0n) is 10.5. The van der Waals surface area contributed by atoms with E-state index in [2.05, 4.69) is 11.1 Å². The molecule has 0 saturated carbocycles. The first-order valence-corrected chi connectivity index (χ1v) is 6.08. The number of hydrogen-bond donors (Lipinski definition) is 1. The topological polar surface area (TPSA) is 48.1 Å². The molecule has 1 aromatic carbocycles. The molecule has 0 aliphatic carbocycles. The summed E-state index contributed by atoms with van der Waals surface area (Å²) in [7, 11) is 1.69. The third kappa shape index (κ3) is 2.87. The van der Waals surface area contributed by atoms with Crippen LogP contribution in [0.2, 0.25) is 0 Å². The monoisotopic (exact) mass is 242 g/mol. The first-order valence-electron chi connectivity index (χ1n) is 6.08. The van der Waals surface area contributed by atoms with E-state index in [4.69, 9.17) is 10.5 Å². The fraction of sp³-hybridized carbons (Fsp3) is 0.267. The van der Waals surface area contributed by atoms with Crippen molar-refractivity contribution in [3.05, 3.63) is 59.9 Å². The van der Waals surface area contributed by atoms with Crippen molar-refractivity contribution in [3.63, 3.8) is 0 Å². The van der Waals surface area contributed by atoms with Gasteiger partial charge in [0.2, 0.25) is 0 Å². The summed E-state index contributed by atoms with van der Waals surface area (Å²) >= 11 is 0. The third-order valence-corrected chi connectivity index (χ3v) is 3.04. The van der Waals surface area contributed by atoms with Crippen molar-refractivity contribution in [1.82, 2.24) is 4.98 Å². The average molecular weight is 242 g/mol. The van der Waals surface area contributed by atoms with Crippen LogP contribution in [0, 0.1) is 0 Å². The molecule has 1 heterocycles. The maximum Gasteiger partial charge on any atom is 0.122 e. The lowest BCUT2D eigenvalue weighted by atomic mass is 9.93. The van der Waals surface area contributed by atoms with Gasteiger partial charge >= 0.3 is 0 Å². The summed E-state index contributed by atoms with van der Waals surface area (Å²) in [5.41, 5.74) is 8.09. The Kier molecular flexibility index (Phi) is 4.31. The van der Waals surface area contributed by atoms with Crippen LogP contribution in [-0.2, 0) is 6.42 Å². The minimum absolute atomic E-state index is 0.232. The van der Waals surface area contributed by atoms with Crippen molar-refractivity contribution < 1.29 is 4.74 Å². The number of para-hydroxylation sites is 1.